The molecule has 1 nitrogen and oxygen atoms in total. The van der Waals surface area contributed by atoms with E-state index in [4.69, 9.17) is 0 Å². The van der Waals surface area contributed by atoms with Gasteiger partial charge in [-0.05, 0) is 56.2 Å². The zero-order valence-electron chi connectivity index (χ0n) is 15.9. The number of para-hydroxylation sites is 1. The van der Waals surface area contributed by atoms with Crippen LogP contribution in [0.3, 0.4) is 0 Å². The van der Waals surface area contributed by atoms with Crippen LogP contribution in [0.15, 0.2) is 84.9 Å². The lowest BCUT2D eigenvalue weighted by Gasteiger charge is -2.30. The first-order valence-corrected chi connectivity index (χ1v) is 11.7. The first-order valence-electron chi connectivity index (χ1n) is 9.70. The molecule has 1 heterocycles. The predicted molar refractivity (Wildman–Crippen MR) is 117 cm³/mol. The molecule has 0 aromatic heterocycles. The Bertz CT molecular complexity index is 805. The van der Waals surface area contributed by atoms with Crippen LogP contribution >= 0.6 is 7.26 Å². The first kappa shape index (κ1) is 20.1. The summed E-state index contributed by atoms with van der Waals surface area (Å²) in [5.41, 5.74) is 1.45. The quantitative estimate of drug-likeness (QED) is 0.545. The third-order valence-electron chi connectivity index (χ3n) is 5.61. The molecule has 3 aromatic rings. The lowest BCUT2D eigenvalue weighted by atomic mass is 10.3. The summed E-state index contributed by atoms with van der Waals surface area (Å²) in [6, 6.07) is 31.6. The van der Waals surface area contributed by atoms with Gasteiger partial charge in [0, 0.05) is 13.1 Å². The maximum absolute atomic E-state index is 2.60. The van der Waals surface area contributed by atoms with Gasteiger partial charge in [-0.3, -0.25) is 0 Å². The topological polar surface area (TPSA) is 3.24 Å². The summed E-state index contributed by atoms with van der Waals surface area (Å²) in [6.45, 7) is 4.74. The SMILES string of the molecule is CC[P+](c1ccccc1)(c1ccccc1)c1ccccc1N1CCCC1.[Br-]. The van der Waals surface area contributed by atoms with Gasteiger partial charge in [0.05, 0.1) is 11.8 Å². The van der Waals surface area contributed by atoms with E-state index in [-0.39, 0.29) is 17.0 Å². The normalized spacial score (nSPS) is 14.0. The van der Waals surface area contributed by atoms with E-state index in [1.165, 1.54) is 42.2 Å². The molecule has 140 valence electrons. The molecule has 0 saturated carbocycles. The molecule has 0 N–H and O–H groups in total. The van der Waals surface area contributed by atoms with Crippen molar-refractivity contribution in [3.05, 3.63) is 84.9 Å². The fourth-order valence-electron chi connectivity index (χ4n) is 4.34. The van der Waals surface area contributed by atoms with Crippen molar-refractivity contribution < 1.29 is 17.0 Å². The van der Waals surface area contributed by atoms with Gasteiger partial charge in [0.25, 0.3) is 0 Å². The number of halogens is 1. The van der Waals surface area contributed by atoms with Gasteiger partial charge in [-0.25, -0.2) is 0 Å². The van der Waals surface area contributed by atoms with Crippen molar-refractivity contribution in [1.29, 1.82) is 0 Å². The second kappa shape index (κ2) is 9.04. The average Bonchev–Trinajstić information content (AvgIpc) is 3.26. The largest absolute Gasteiger partial charge is 1.00 e. The molecule has 0 aliphatic carbocycles. The molecular formula is C24H27BrNP. The molecule has 0 atom stereocenters. The second-order valence-electron chi connectivity index (χ2n) is 6.98. The lowest BCUT2D eigenvalue weighted by Crippen LogP contribution is -3.00. The second-order valence-corrected chi connectivity index (χ2v) is 10.7. The number of rotatable bonds is 5. The molecule has 3 aromatic carbocycles. The van der Waals surface area contributed by atoms with Crippen molar-refractivity contribution >= 4 is 28.9 Å². The number of anilines is 1. The highest BCUT2D eigenvalue weighted by Gasteiger charge is 2.45. The highest BCUT2D eigenvalue weighted by atomic mass is 79.9. The van der Waals surface area contributed by atoms with Crippen molar-refractivity contribution in [3.63, 3.8) is 0 Å². The van der Waals surface area contributed by atoms with Crippen LogP contribution in [0.5, 0.6) is 0 Å². The fourth-order valence-corrected chi connectivity index (χ4v) is 8.58. The molecule has 1 fully saturated rings. The Morgan fingerprint density at radius 2 is 1.19 bits per heavy atom. The standard InChI is InChI=1S/C24H27NP.BrH/c1-2-26(21-13-5-3-6-14-21,22-15-7-4-8-16-22)24-18-10-9-17-23(24)25-19-11-12-20-25;/h3-10,13-18H,2,11-12,19-20H2,1H3;1H/q+1;/p-1. The van der Waals surface area contributed by atoms with Crippen LogP contribution in [0.2, 0.25) is 0 Å². The van der Waals surface area contributed by atoms with Crippen molar-refractivity contribution in [2.75, 3.05) is 24.2 Å². The maximum atomic E-state index is 2.60. The first-order chi connectivity index (χ1) is 12.9. The van der Waals surface area contributed by atoms with Crippen LogP contribution in [-0.4, -0.2) is 19.3 Å². The minimum absolute atomic E-state index is 0. The maximum Gasteiger partial charge on any atom is 0.128 e. The van der Waals surface area contributed by atoms with Crippen LogP contribution in [0.4, 0.5) is 5.69 Å². The minimum atomic E-state index is -1.67. The lowest BCUT2D eigenvalue weighted by molar-refractivity contribution is -0.00000508. The molecule has 0 bridgehead atoms. The van der Waals surface area contributed by atoms with Crippen molar-refractivity contribution in [2.24, 2.45) is 0 Å². The van der Waals surface area contributed by atoms with E-state index in [9.17, 15) is 0 Å². The summed E-state index contributed by atoms with van der Waals surface area (Å²) >= 11 is 0. The van der Waals surface area contributed by atoms with Crippen molar-refractivity contribution in [2.45, 2.75) is 19.8 Å². The van der Waals surface area contributed by atoms with Crippen molar-refractivity contribution in [1.82, 2.24) is 0 Å². The van der Waals surface area contributed by atoms with Crippen molar-refractivity contribution in [3.8, 4) is 0 Å². The van der Waals surface area contributed by atoms with E-state index in [1.807, 2.05) is 0 Å². The van der Waals surface area contributed by atoms with Gasteiger partial charge >= 0.3 is 0 Å². The number of nitrogens with zero attached hydrogens (tertiary/aromatic N) is 1. The number of hydrogen-bond acceptors (Lipinski definition) is 1. The Kier molecular flexibility index (Phi) is 6.73. The third kappa shape index (κ3) is 3.71. The Balaban J connectivity index is 0.00000210. The van der Waals surface area contributed by atoms with Gasteiger partial charge in [0.2, 0.25) is 0 Å². The Labute approximate surface area is 174 Å². The zero-order valence-corrected chi connectivity index (χ0v) is 18.4. The summed E-state index contributed by atoms with van der Waals surface area (Å²) in [4.78, 5) is 2.60. The summed E-state index contributed by atoms with van der Waals surface area (Å²) in [7, 11) is -1.67. The van der Waals surface area contributed by atoms with Gasteiger partial charge < -0.3 is 21.9 Å². The van der Waals surface area contributed by atoms with E-state index < -0.39 is 7.26 Å². The third-order valence-corrected chi connectivity index (χ3v) is 10.1. The van der Waals surface area contributed by atoms with E-state index >= 15 is 0 Å². The molecule has 27 heavy (non-hydrogen) atoms. The molecule has 0 unspecified atom stereocenters. The molecule has 0 radical (unpaired) electrons. The Morgan fingerprint density at radius 3 is 1.70 bits per heavy atom. The Hall–Kier alpha value is -1.63. The molecular weight excluding hydrogens is 413 g/mol. The van der Waals surface area contributed by atoms with Crippen LogP contribution in [0.25, 0.3) is 0 Å². The zero-order chi connectivity index (χ0) is 17.8. The number of benzene rings is 3. The number of hydrogen-bond donors (Lipinski definition) is 0. The van der Waals surface area contributed by atoms with Crippen LogP contribution in [0.1, 0.15) is 19.8 Å². The van der Waals surface area contributed by atoms with Crippen LogP contribution in [0, 0.1) is 0 Å². The van der Waals surface area contributed by atoms with Gasteiger partial charge in [0.1, 0.15) is 23.2 Å². The summed E-state index contributed by atoms with van der Waals surface area (Å²) in [6.07, 6.45) is 3.76. The molecule has 3 heteroatoms. The van der Waals surface area contributed by atoms with Gasteiger partial charge in [-0.15, -0.1) is 0 Å². The molecule has 0 amide bonds. The fraction of sp³-hybridized carbons (Fsp3) is 0.250. The summed E-state index contributed by atoms with van der Waals surface area (Å²) in [5, 5.41) is 4.52. The van der Waals surface area contributed by atoms with Gasteiger partial charge in [-0.2, -0.15) is 0 Å². The van der Waals surface area contributed by atoms with E-state index in [0.29, 0.717) is 0 Å². The molecule has 4 rings (SSSR count). The molecule has 0 spiro atoms. The van der Waals surface area contributed by atoms with Gasteiger partial charge in [-0.1, -0.05) is 48.5 Å². The summed E-state index contributed by atoms with van der Waals surface area (Å²) < 4.78 is 0. The van der Waals surface area contributed by atoms with Crippen LogP contribution < -0.4 is 37.8 Å². The molecule has 1 saturated heterocycles. The van der Waals surface area contributed by atoms with Crippen LogP contribution in [-0.2, 0) is 0 Å². The highest BCUT2D eigenvalue weighted by Crippen LogP contribution is 2.56. The smallest absolute Gasteiger partial charge is 0.128 e. The van der Waals surface area contributed by atoms with Gasteiger partial charge in [0.15, 0.2) is 0 Å². The monoisotopic (exact) mass is 439 g/mol. The highest BCUT2D eigenvalue weighted by molar-refractivity contribution is 7.95. The molecule has 1 aliphatic heterocycles. The van der Waals surface area contributed by atoms with E-state index in [2.05, 4.69) is 96.8 Å². The Morgan fingerprint density at radius 1 is 0.704 bits per heavy atom. The van der Waals surface area contributed by atoms with E-state index in [0.717, 1.165) is 6.16 Å². The minimum Gasteiger partial charge on any atom is -1.00 e. The molecule has 1 aliphatic rings. The summed E-state index contributed by atoms with van der Waals surface area (Å²) in [5.74, 6) is 0. The van der Waals surface area contributed by atoms with E-state index in [1.54, 1.807) is 5.30 Å². The average molecular weight is 440 g/mol. The predicted octanol–water partition coefficient (Wildman–Crippen LogP) is 1.60.